The number of piperidine rings is 1. The second kappa shape index (κ2) is 11.7. The van der Waals surface area contributed by atoms with Gasteiger partial charge in [0.25, 0.3) is 0 Å². The van der Waals surface area contributed by atoms with Gasteiger partial charge in [0.1, 0.15) is 18.1 Å². The molecule has 8 nitrogen and oxygen atoms in total. The minimum atomic E-state index is 0. The highest BCUT2D eigenvalue weighted by Crippen LogP contribution is 2.24. The summed E-state index contributed by atoms with van der Waals surface area (Å²) >= 11 is 0. The molecular weight excluding hydrogens is 517 g/mol. The lowest BCUT2D eigenvalue weighted by Crippen LogP contribution is -2.52. The summed E-state index contributed by atoms with van der Waals surface area (Å²) in [5, 5.41) is 15.8. The van der Waals surface area contributed by atoms with Crippen LogP contribution in [0.5, 0.6) is 5.75 Å². The Labute approximate surface area is 208 Å². The Bertz CT molecular complexity index is 894. The maximum absolute atomic E-state index is 5.41. The molecule has 2 fully saturated rings. The van der Waals surface area contributed by atoms with Crippen LogP contribution in [0.25, 0.3) is 0 Å². The largest absolute Gasteiger partial charge is 0.497 e. The number of nitrogens with one attached hydrogen (secondary N) is 2. The van der Waals surface area contributed by atoms with Crippen LogP contribution in [-0.2, 0) is 13.6 Å². The number of benzene rings is 1. The van der Waals surface area contributed by atoms with Crippen molar-refractivity contribution < 1.29 is 4.74 Å². The molecule has 0 amide bonds. The minimum Gasteiger partial charge on any atom is -0.497 e. The van der Waals surface area contributed by atoms with Crippen LogP contribution >= 0.6 is 24.0 Å². The Morgan fingerprint density at radius 1 is 1.12 bits per heavy atom. The van der Waals surface area contributed by atoms with Crippen LogP contribution in [0, 0.1) is 6.92 Å². The number of methoxy groups -OCH3 is 1. The number of ether oxygens (including phenoxy) is 1. The van der Waals surface area contributed by atoms with Crippen molar-refractivity contribution in [2.24, 2.45) is 12.0 Å². The van der Waals surface area contributed by atoms with Crippen molar-refractivity contribution >= 4 is 35.6 Å². The summed E-state index contributed by atoms with van der Waals surface area (Å²) in [6, 6.07) is 9.17. The first-order valence-electron chi connectivity index (χ1n) is 11.4. The summed E-state index contributed by atoms with van der Waals surface area (Å²) in [6.07, 6.45) is 7.29. The van der Waals surface area contributed by atoms with Crippen molar-refractivity contribution in [3.63, 3.8) is 0 Å². The summed E-state index contributed by atoms with van der Waals surface area (Å²) in [7, 11) is 3.71. The molecule has 1 saturated heterocycles. The number of guanidine groups is 1. The van der Waals surface area contributed by atoms with Gasteiger partial charge in [-0.05, 0) is 44.7 Å². The number of nitrogens with zero attached hydrogens (tertiary/aromatic N) is 5. The summed E-state index contributed by atoms with van der Waals surface area (Å²) in [5.41, 5.74) is 1.21. The van der Waals surface area contributed by atoms with Crippen LogP contribution in [-0.4, -0.2) is 53.0 Å². The smallest absolute Gasteiger partial charge is 0.192 e. The lowest BCUT2D eigenvalue weighted by atomic mass is 10.0. The number of halogens is 1. The van der Waals surface area contributed by atoms with Crippen LogP contribution in [0.4, 0.5) is 5.69 Å². The highest BCUT2D eigenvalue weighted by atomic mass is 127. The highest BCUT2D eigenvalue weighted by Gasteiger charge is 2.23. The van der Waals surface area contributed by atoms with Crippen molar-refractivity contribution in [3.05, 3.63) is 35.9 Å². The van der Waals surface area contributed by atoms with Crippen LogP contribution in [0.2, 0.25) is 0 Å². The van der Waals surface area contributed by atoms with E-state index in [2.05, 4.69) is 43.9 Å². The van der Waals surface area contributed by atoms with Gasteiger partial charge in [0.2, 0.25) is 0 Å². The van der Waals surface area contributed by atoms with E-state index in [9.17, 15) is 0 Å². The molecule has 0 spiro atoms. The molecule has 1 aromatic heterocycles. The van der Waals surface area contributed by atoms with Crippen molar-refractivity contribution in [1.29, 1.82) is 0 Å². The van der Waals surface area contributed by atoms with Gasteiger partial charge in [-0.15, -0.1) is 34.2 Å². The van der Waals surface area contributed by atoms with Gasteiger partial charge < -0.3 is 24.8 Å². The SMILES string of the molecule is COc1cccc(N2CCCC(NC(=NCc3nnc(C)n3C)NC3CCCC3)C2)c1.I. The van der Waals surface area contributed by atoms with Crippen LogP contribution in [0.1, 0.15) is 50.2 Å². The van der Waals surface area contributed by atoms with Gasteiger partial charge in [-0.1, -0.05) is 18.9 Å². The number of aryl methyl sites for hydroxylation is 1. The molecule has 32 heavy (non-hydrogen) atoms. The van der Waals surface area contributed by atoms with Gasteiger partial charge in [-0.25, -0.2) is 4.99 Å². The number of anilines is 1. The molecule has 1 atom stereocenters. The second-order valence-corrected chi connectivity index (χ2v) is 8.64. The normalized spacial score (nSPS) is 19.5. The molecule has 1 saturated carbocycles. The van der Waals surface area contributed by atoms with Gasteiger partial charge in [-0.3, -0.25) is 0 Å². The third-order valence-corrected chi connectivity index (χ3v) is 6.44. The second-order valence-electron chi connectivity index (χ2n) is 8.64. The molecule has 0 bridgehead atoms. The first-order chi connectivity index (χ1) is 15.1. The molecule has 9 heteroatoms. The molecule has 2 N–H and O–H groups in total. The quantitative estimate of drug-likeness (QED) is 0.325. The van der Waals surface area contributed by atoms with E-state index in [1.165, 1.54) is 31.4 Å². The number of hydrogen-bond donors (Lipinski definition) is 2. The summed E-state index contributed by atoms with van der Waals surface area (Å²) in [4.78, 5) is 7.32. The summed E-state index contributed by atoms with van der Waals surface area (Å²) in [6.45, 7) is 4.49. The Hall–Kier alpha value is -2.04. The maximum Gasteiger partial charge on any atom is 0.192 e. The van der Waals surface area contributed by atoms with Crippen LogP contribution in [0.3, 0.4) is 0 Å². The van der Waals surface area contributed by atoms with E-state index >= 15 is 0 Å². The summed E-state index contributed by atoms with van der Waals surface area (Å²) < 4.78 is 7.41. The zero-order valence-electron chi connectivity index (χ0n) is 19.4. The third-order valence-electron chi connectivity index (χ3n) is 6.44. The monoisotopic (exact) mass is 553 g/mol. The van der Waals surface area contributed by atoms with E-state index in [0.717, 1.165) is 49.3 Å². The molecule has 1 aliphatic carbocycles. The van der Waals surface area contributed by atoms with Gasteiger partial charge >= 0.3 is 0 Å². The number of aromatic nitrogens is 3. The minimum absolute atomic E-state index is 0. The molecule has 2 heterocycles. The fraction of sp³-hybridized carbons (Fsp3) is 0.609. The molecule has 1 aliphatic heterocycles. The van der Waals surface area contributed by atoms with Crippen molar-refractivity contribution in [2.45, 2.75) is 64.1 Å². The first kappa shape index (κ1) is 24.6. The van der Waals surface area contributed by atoms with E-state index in [1.807, 2.05) is 24.6 Å². The average molecular weight is 553 g/mol. The van der Waals surface area contributed by atoms with Gasteiger partial charge in [0.05, 0.1) is 7.11 Å². The Kier molecular flexibility index (Phi) is 9.01. The third kappa shape index (κ3) is 6.26. The molecule has 4 rings (SSSR count). The average Bonchev–Trinajstić information content (AvgIpc) is 3.42. The molecule has 2 aliphatic rings. The van der Waals surface area contributed by atoms with Crippen molar-refractivity contribution in [3.8, 4) is 5.75 Å². The summed E-state index contributed by atoms with van der Waals surface area (Å²) in [5.74, 6) is 3.58. The zero-order valence-corrected chi connectivity index (χ0v) is 21.7. The lowest BCUT2D eigenvalue weighted by molar-refractivity contribution is 0.414. The number of aliphatic imine (C=N–C) groups is 1. The van der Waals surface area contributed by atoms with E-state index in [4.69, 9.17) is 9.73 Å². The Morgan fingerprint density at radius 2 is 1.88 bits per heavy atom. The van der Waals surface area contributed by atoms with Gasteiger partial charge in [-0.2, -0.15) is 0 Å². The number of rotatable bonds is 6. The van der Waals surface area contributed by atoms with E-state index in [1.54, 1.807) is 7.11 Å². The molecule has 2 aromatic rings. The molecule has 0 radical (unpaired) electrons. The molecule has 1 aromatic carbocycles. The van der Waals surface area contributed by atoms with E-state index in [-0.39, 0.29) is 24.0 Å². The van der Waals surface area contributed by atoms with Crippen molar-refractivity contribution in [1.82, 2.24) is 25.4 Å². The van der Waals surface area contributed by atoms with E-state index < -0.39 is 0 Å². The van der Waals surface area contributed by atoms with Gasteiger partial charge in [0, 0.05) is 44.0 Å². The predicted molar refractivity (Wildman–Crippen MR) is 139 cm³/mol. The first-order valence-corrected chi connectivity index (χ1v) is 11.4. The Balaban J connectivity index is 0.00000289. The topological polar surface area (TPSA) is 79.6 Å². The van der Waals surface area contributed by atoms with Crippen molar-refractivity contribution in [2.75, 3.05) is 25.1 Å². The fourth-order valence-corrected chi connectivity index (χ4v) is 4.46. The highest BCUT2D eigenvalue weighted by molar-refractivity contribution is 14.0. The maximum atomic E-state index is 5.41. The predicted octanol–water partition coefficient (Wildman–Crippen LogP) is 3.40. The molecular formula is C23H36IN7O. The molecule has 1 unspecified atom stereocenters. The van der Waals surface area contributed by atoms with Crippen LogP contribution < -0.4 is 20.3 Å². The Morgan fingerprint density at radius 3 is 2.59 bits per heavy atom. The van der Waals surface area contributed by atoms with Crippen LogP contribution in [0.15, 0.2) is 29.3 Å². The van der Waals surface area contributed by atoms with E-state index in [0.29, 0.717) is 18.6 Å². The zero-order chi connectivity index (χ0) is 21.6. The van der Waals surface area contributed by atoms with Gasteiger partial charge in [0.15, 0.2) is 11.8 Å². The lowest BCUT2D eigenvalue weighted by Gasteiger charge is -2.36. The number of hydrogen-bond acceptors (Lipinski definition) is 5. The fourth-order valence-electron chi connectivity index (χ4n) is 4.46. The molecule has 176 valence electrons. The standard InChI is InChI=1S/C23H35N7O.HI/c1-17-27-28-22(29(17)2)15-24-23(25-18-8-4-5-9-18)26-19-10-7-13-30(16-19)20-11-6-12-21(14-20)31-3;/h6,11-12,14,18-19H,4-5,7-10,13,15-16H2,1-3H3,(H2,24,25,26);1H.